The van der Waals surface area contributed by atoms with Crippen molar-refractivity contribution in [3.63, 3.8) is 0 Å². The molecule has 0 aliphatic heterocycles. The largest absolute Gasteiger partial charge is 0.478 e. The molecule has 6 heteroatoms. The van der Waals surface area contributed by atoms with E-state index in [1.54, 1.807) is 0 Å². The summed E-state index contributed by atoms with van der Waals surface area (Å²) in [5, 5.41) is 18.4. The average Bonchev–Trinajstić information content (AvgIpc) is 2.43. The van der Waals surface area contributed by atoms with Crippen molar-refractivity contribution in [2.45, 2.75) is 13.8 Å². The quantitative estimate of drug-likeness (QED) is 0.617. The van der Waals surface area contributed by atoms with Crippen LogP contribution in [0.3, 0.4) is 0 Å². The maximum atomic E-state index is 12.3. The highest BCUT2D eigenvalue weighted by Gasteiger charge is 2.29. The molecule has 0 aromatic heterocycles. The molecule has 0 amide bonds. The highest BCUT2D eigenvalue weighted by Crippen LogP contribution is 2.25. The zero-order valence-electron chi connectivity index (χ0n) is 12.1. The van der Waals surface area contributed by atoms with E-state index in [0.717, 1.165) is 12.1 Å². The van der Waals surface area contributed by atoms with Crippen molar-refractivity contribution >= 4 is 23.5 Å². The van der Waals surface area contributed by atoms with Gasteiger partial charge in [0, 0.05) is 11.1 Å². The molecule has 0 atom stereocenters. The van der Waals surface area contributed by atoms with Gasteiger partial charge in [-0.25, -0.2) is 9.59 Å². The summed E-state index contributed by atoms with van der Waals surface area (Å²) >= 11 is 0. The van der Waals surface area contributed by atoms with E-state index in [1.807, 2.05) is 0 Å². The second-order valence-electron chi connectivity index (χ2n) is 4.74. The van der Waals surface area contributed by atoms with Gasteiger partial charge >= 0.3 is 11.9 Å². The summed E-state index contributed by atoms with van der Waals surface area (Å²) in [6.07, 6.45) is 0. The van der Waals surface area contributed by atoms with Gasteiger partial charge in [-0.2, -0.15) is 0 Å². The molecule has 1 rings (SSSR count). The standard InChI is InChI=1S/C16H14O6/c1-7(2)13(17)9-5-6-10(15(19)20)12(16(21)22)11(9)14(18)8(3)4/h5-6H,1,3H2,2,4H3,(H,19,20)(H,21,22). The van der Waals surface area contributed by atoms with E-state index in [0.29, 0.717) is 0 Å². The first-order valence-electron chi connectivity index (χ1n) is 6.13. The molecule has 114 valence electrons. The molecule has 1 aromatic carbocycles. The van der Waals surface area contributed by atoms with E-state index >= 15 is 0 Å². The van der Waals surface area contributed by atoms with E-state index < -0.39 is 40.2 Å². The Bertz CT molecular complexity index is 739. The number of carbonyl (C=O) groups excluding carboxylic acids is 2. The number of carbonyl (C=O) groups is 4. The van der Waals surface area contributed by atoms with E-state index in [2.05, 4.69) is 13.2 Å². The van der Waals surface area contributed by atoms with Gasteiger partial charge in [0.25, 0.3) is 0 Å². The van der Waals surface area contributed by atoms with E-state index in [9.17, 15) is 24.3 Å². The van der Waals surface area contributed by atoms with Crippen molar-refractivity contribution in [2.75, 3.05) is 0 Å². The highest BCUT2D eigenvalue weighted by molar-refractivity contribution is 6.23. The van der Waals surface area contributed by atoms with Crippen LogP contribution >= 0.6 is 0 Å². The number of hydrogen-bond acceptors (Lipinski definition) is 4. The molecule has 6 nitrogen and oxygen atoms in total. The van der Waals surface area contributed by atoms with Gasteiger partial charge < -0.3 is 10.2 Å². The number of ketones is 2. The van der Waals surface area contributed by atoms with Gasteiger partial charge in [-0.3, -0.25) is 9.59 Å². The fraction of sp³-hybridized carbons (Fsp3) is 0.125. The molecule has 1 aromatic rings. The second kappa shape index (κ2) is 6.17. The van der Waals surface area contributed by atoms with Crippen molar-refractivity contribution in [3.8, 4) is 0 Å². The monoisotopic (exact) mass is 302 g/mol. The number of Topliss-reactive ketones (excluding diaryl/α,β-unsaturated/α-hetero) is 2. The molecule has 0 saturated heterocycles. The first-order valence-corrected chi connectivity index (χ1v) is 6.13. The lowest BCUT2D eigenvalue weighted by Gasteiger charge is -2.13. The minimum atomic E-state index is -1.61. The zero-order chi connectivity index (χ0) is 17.2. The summed E-state index contributed by atoms with van der Waals surface area (Å²) in [4.78, 5) is 47.0. The van der Waals surface area contributed by atoms with Crippen LogP contribution < -0.4 is 0 Å². The SMILES string of the molecule is C=C(C)C(=O)c1ccc(C(=O)O)c(C(=O)O)c1C(=O)C(=C)C. The lowest BCUT2D eigenvalue weighted by Crippen LogP contribution is -2.20. The topological polar surface area (TPSA) is 109 Å². The first kappa shape index (κ1) is 17.0. The average molecular weight is 302 g/mol. The second-order valence-corrected chi connectivity index (χ2v) is 4.74. The van der Waals surface area contributed by atoms with Gasteiger partial charge in [0.1, 0.15) is 0 Å². The van der Waals surface area contributed by atoms with Crippen LogP contribution in [0.25, 0.3) is 0 Å². The predicted molar refractivity (Wildman–Crippen MR) is 78.6 cm³/mol. The minimum Gasteiger partial charge on any atom is -0.478 e. The van der Waals surface area contributed by atoms with Crippen molar-refractivity contribution < 1.29 is 29.4 Å². The molecule has 0 unspecified atom stereocenters. The van der Waals surface area contributed by atoms with Crippen LogP contribution in [0.15, 0.2) is 36.4 Å². The van der Waals surface area contributed by atoms with Crippen LogP contribution in [0.2, 0.25) is 0 Å². The van der Waals surface area contributed by atoms with E-state index in [1.165, 1.54) is 13.8 Å². The number of aromatic carboxylic acids is 2. The summed E-state index contributed by atoms with van der Waals surface area (Å²) in [5.41, 5.74) is -1.91. The van der Waals surface area contributed by atoms with E-state index in [4.69, 9.17) is 5.11 Å². The van der Waals surface area contributed by atoms with Gasteiger partial charge in [-0.15, -0.1) is 0 Å². The Morgan fingerprint density at radius 3 is 1.59 bits per heavy atom. The van der Waals surface area contributed by atoms with Gasteiger partial charge in [-0.05, 0) is 37.1 Å². The van der Waals surface area contributed by atoms with Crippen LogP contribution in [0.4, 0.5) is 0 Å². The Morgan fingerprint density at radius 2 is 1.23 bits per heavy atom. The Kier molecular flexibility index (Phi) is 4.78. The van der Waals surface area contributed by atoms with Gasteiger partial charge in [0.05, 0.1) is 11.1 Å². The summed E-state index contributed by atoms with van der Waals surface area (Å²) in [5.74, 6) is -4.56. The van der Waals surface area contributed by atoms with Crippen LogP contribution in [0, 0.1) is 0 Å². The fourth-order valence-corrected chi connectivity index (χ4v) is 1.87. The Balaban J connectivity index is 3.94. The summed E-state index contributed by atoms with van der Waals surface area (Å²) < 4.78 is 0. The Hall–Kier alpha value is -3.02. The normalized spacial score (nSPS) is 9.91. The summed E-state index contributed by atoms with van der Waals surface area (Å²) in [6.45, 7) is 9.64. The zero-order valence-corrected chi connectivity index (χ0v) is 12.1. The van der Waals surface area contributed by atoms with Crippen molar-refractivity contribution in [2.24, 2.45) is 0 Å². The maximum Gasteiger partial charge on any atom is 0.337 e. The fourth-order valence-electron chi connectivity index (χ4n) is 1.87. The molecule has 22 heavy (non-hydrogen) atoms. The first-order chi connectivity index (χ1) is 10.1. The molecule has 0 bridgehead atoms. The highest BCUT2D eigenvalue weighted by atomic mass is 16.4. The molecule has 0 spiro atoms. The molecule has 0 saturated carbocycles. The number of carboxylic acid groups (broad SMARTS) is 2. The van der Waals surface area contributed by atoms with Crippen LogP contribution in [-0.2, 0) is 0 Å². The summed E-state index contributed by atoms with van der Waals surface area (Å²) in [6, 6.07) is 2.10. The third kappa shape index (κ3) is 3.01. The van der Waals surface area contributed by atoms with Gasteiger partial charge in [0.15, 0.2) is 11.6 Å². The van der Waals surface area contributed by atoms with Crippen LogP contribution in [-0.4, -0.2) is 33.7 Å². The molecule has 0 aliphatic carbocycles. The number of allylic oxidation sites excluding steroid dienone is 2. The van der Waals surface area contributed by atoms with Crippen LogP contribution in [0.5, 0.6) is 0 Å². The number of rotatable bonds is 6. The van der Waals surface area contributed by atoms with Gasteiger partial charge in [0.2, 0.25) is 0 Å². The number of benzene rings is 1. The lowest BCUT2D eigenvalue weighted by atomic mass is 9.88. The Morgan fingerprint density at radius 1 is 0.773 bits per heavy atom. The molecule has 0 aliphatic rings. The summed E-state index contributed by atoms with van der Waals surface area (Å²) in [7, 11) is 0. The third-order valence-corrected chi connectivity index (χ3v) is 2.90. The van der Waals surface area contributed by atoms with Crippen molar-refractivity contribution in [3.05, 3.63) is 58.7 Å². The molecule has 0 heterocycles. The molecule has 2 N–H and O–H groups in total. The molecule has 0 fully saturated rings. The molecular weight excluding hydrogens is 288 g/mol. The smallest absolute Gasteiger partial charge is 0.337 e. The molecule has 0 radical (unpaired) electrons. The minimum absolute atomic E-state index is 0.0131. The van der Waals surface area contributed by atoms with Crippen LogP contribution in [0.1, 0.15) is 55.3 Å². The molecular formula is C16H14O6. The Labute approximate surface area is 126 Å². The van der Waals surface area contributed by atoms with Crippen molar-refractivity contribution in [1.82, 2.24) is 0 Å². The number of carboxylic acids is 2. The number of hydrogen-bond donors (Lipinski definition) is 2. The third-order valence-electron chi connectivity index (χ3n) is 2.90. The predicted octanol–water partition coefficient (Wildman–Crippen LogP) is 2.60. The van der Waals surface area contributed by atoms with Gasteiger partial charge in [-0.1, -0.05) is 13.2 Å². The van der Waals surface area contributed by atoms with E-state index in [-0.39, 0.29) is 16.7 Å². The lowest BCUT2D eigenvalue weighted by molar-refractivity contribution is 0.0649. The van der Waals surface area contributed by atoms with Crippen molar-refractivity contribution in [1.29, 1.82) is 0 Å². The maximum absolute atomic E-state index is 12.3.